The topological polar surface area (TPSA) is 82.1 Å². The highest BCUT2D eigenvalue weighted by molar-refractivity contribution is 14.1. The van der Waals surface area contributed by atoms with E-state index in [1.54, 1.807) is 19.3 Å². The van der Waals surface area contributed by atoms with Crippen molar-refractivity contribution < 1.29 is 28.6 Å². The first kappa shape index (κ1) is 26.1. The van der Waals surface area contributed by atoms with Gasteiger partial charge in [-0.3, -0.25) is 19.3 Å². The van der Waals surface area contributed by atoms with Crippen molar-refractivity contribution >= 4 is 57.5 Å². The van der Waals surface area contributed by atoms with Crippen molar-refractivity contribution in [2.75, 3.05) is 20.3 Å². The Balaban J connectivity index is 1.74. The molecular formula is C25H26INO6S. The average Bonchev–Trinajstić information content (AvgIpc) is 3.05. The van der Waals surface area contributed by atoms with Crippen LogP contribution in [-0.4, -0.2) is 42.3 Å². The molecule has 0 saturated carbocycles. The van der Waals surface area contributed by atoms with Gasteiger partial charge in [0.25, 0.3) is 11.1 Å². The van der Waals surface area contributed by atoms with Gasteiger partial charge >= 0.3 is 5.97 Å². The zero-order valence-corrected chi connectivity index (χ0v) is 22.4. The zero-order chi connectivity index (χ0) is 24.8. The van der Waals surface area contributed by atoms with Gasteiger partial charge in [0.15, 0.2) is 11.5 Å². The van der Waals surface area contributed by atoms with Crippen LogP contribution in [-0.2, 0) is 20.9 Å². The molecule has 0 radical (unpaired) electrons. The molecule has 0 unspecified atom stereocenters. The van der Waals surface area contributed by atoms with E-state index in [1.165, 1.54) is 5.56 Å². The first-order chi connectivity index (χ1) is 16.2. The van der Waals surface area contributed by atoms with Gasteiger partial charge in [0, 0.05) is 0 Å². The lowest BCUT2D eigenvalue weighted by atomic mass is 10.1. The van der Waals surface area contributed by atoms with Crippen LogP contribution in [0.2, 0.25) is 0 Å². The summed E-state index contributed by atoms with van der Waals surface area (Å²) < 4.78 is 17.4. The van der Waals surface area contributed by atoms with Gasteiger partial charge < -0.3 is 14.2 Å². The van der Waals surface area contributed by atoms with Crippen molar-refractivity contribution in [3.8, 4) is 11.5 Å². The van der Waals surface area contributed by atoms with Gasteiger partial charge in [-0.05, 0) is 76.5 Å². The molecule has 0 N–H and O–H groups in total. The number of carbonyl (C=O) groups excluding carboxylic acids is 3. The number of ether oxygens (including phenoxy) is 3. The maximum absolute atomic E-state index is 12.7. The number of aryl methyl sites for hydroxylation is 1. The number of hydrogen-bond donors (Lipinski definition) is 0. The molecule has 3 rings (SSSR count). The second-order valence-corrected chi connectivity index (χ2v) is 10.3. The molecule has 0 atom stereocenters. The van der Waals surface area contributed by atoms with Gasteiger partial charge in [-0.1, -0.05) is 43.7 Å². The summed E-state index contributed by atoms with van der Waals surface area (Å²) in [4.78, 5) is 38.2. The number of carbonyl (C=O) groups is 3. The first-order valence-corrected chi connectivity index (χ1v) is 12.5. The van der Waals surface area contributed by atoms with E-state index in [0.29, 0.717) is 23.7 Å². The highest BCUT2D eigenvalue weighted by atomic mass is 127. The molecule has 1 saturated heterocycles. The molecule has 0 aliphatic carbocycles. The van der Waals surface area contributed by atoms with E-state index in [1.807, 2.05) is 51.1 Å². The first-order valence-electron chi connectivity index (χ1n) is 10.6. The maximum Gasteiger partial charge on any atom is 0.326 e. The molecule has 1 aliphatic heterocycles. The van der Waals surface area contributed by atoms with Crippen molar-refractivity contribution in [2.24, 2.45) is 5.92 Å². The number of hydrogen-bond acceptors (Lipinski definition) is 7. The van der Waals surface area contributed by atoms with Crippen molar-refractivity contribution in [1.82, 2.24) is 4.90 Å². The Bertz CT molecular complexity index is 1110. The van der Waals surface area contributed by atoms with E-state index < -0.39 is 23.7 Å². The number of benzene rings is 2. The van der Waals surface area contributed by atoms with Crippen LogP contribution in [0, 0.1) is 16.4 Å². The molecule has 2 aromatic carbocycles. The molecular weight excluding hydrogens is 569 g/mol. The minimum Gasteiger partial charge on any atom is -0.493 e. The molecule has 1 aliphatic rings. The Morgan fingerprint density at radius 3 is 2.53 bits per heavy atom. The van der Waals surface area contributed by atoms with Crippen LogP contribution in [0.15, 0.2) is 41.3 Å². The summed E-state index contributed by atoms with van der Waals surface area (Å²) in [6.45, 7) is 6.07. The van der Waals surface area contributed by atoms with Gasteiger partial charge in [-0.15, -0.1) is 0 Å². The Kier molecular flexibility index (Phi) is 9.01. The summed E-state index contributed by atoms with van der Waals surface area (Å²) in [6.07, 6.45) is 1.61. The molecule has 0 spiro atoms. The lowest BCUT2D eigenvalue weighted by molar-refractivity contribution is -0.147. The smallest absolute Gasteiger partial charge is 0.326 e. The van der Waals surface area contributed by atoms with Gasteiger partial charge in [-0.2, -0.15) is 0 Å². The minimum atomic E-state index is -0.608. The summed E-state index contributed by atoms with van der Waals surface area (Å²) in [5.74, 6) is 0.150. The molecule has 34 heavy (non-hydrogen) atoms. The van der Waals surface area contributed by atoms with Crippen molar-refractivity contribution in [3.05, 3.63) is 61.6 Å². The van der Waals surface area contributed by atoms with Crippen molar-refractivity contribution in [3.63, 3.8) is 0 Å². The largest absolute Gasteiger partial charge is 0.493 e. The van der Waals surface area contributed by atoms with E-state index >= 15 is 0 Å². The fourth-order valence-electron chi connectivity index (χ4n) is 3.03. The third-order valence-corrected chi connectivity index (χ3v) is 6.50. The van der Waals surface area contributed by atoms with Crippen LogP contribution >= 0.6 is 34.4 Å². The minimum absolute atomic E-state index is 0.167. The molecule has 1 heterocycles. The number of nitrogens with zero attached hydrogens (tertiary/aromatic N) is 1. The van der Waals surface area contributed by atoms with E-state index in [2.05, 4.69) is 22.6 Å². The average molecular weight is 595 g/mol. The maximum atomic E-state index is 12.7. The summed E-state index contributed by atoms with van der Waals surface area (Å²) >= 11 is 2.94. The van der Waals surface area contributed by atoms with Crippen LogP contribution in [0.4, 0.5) is 4.79 Å². The fourth-order valence-corrected chi connectivity index (χ4v) is 4.64. The fraction of sp³-hybridized carbons (Fsp3) is 0.320. The number of amides is 2. The van der Waals surface area contributed by atoms with Gasteiger partial charge in [0.05, 0.1) is 22.2 Å². The SMILES string of the molecule is COc1cc(/C=C2\SC(=O)N(CC(=O)OCC(C)C)C2=O)cc(I)c1OCc1ccc(C)cc1. The molecule has 0 bridgehead atoms. The van der Waals surface area contributed by atoms with Crippen LogP contribution in [0.25, 0.3) is 6.08 Å². The summed E-state index contributed by atoms with van der Waals surface area (Å²) in [7, 11) is 1.55. The second kappa shape index (κ2) is 11.7. The number of thioether (sulfide) groups is 1. The monoisotopic (exact) mass is 595 g/mol. The summed E-state index contributed by atoms with van der Waals surface area (Å²) in [5, 5.41) is -0.502. The summed E-state index contributed by atoms with van der Waals surface area (Å²) in [6, 6.07) is 11.7. The molecule has 2 aromatic rings. The van der Waals surface area contributed by atoms with E-state index in [0.717, 1.165) is 25.8 Å². The third kappa shape index (κ3) is 6.75. The van der Waals surface area contributed by atoms with E-state index in [4.69, 9.17) is 14.2 Å². The predicted molar refractivity (Wildman–Crippen MR) is 140 cm³/mol. The molecule has 2 amide bonds. The molecule has 9 heteroatoms. The number of esters is 1. The number of imide groups is 1. The van der Waals surface area contributed by atoms with Crippen LogP contribution < -0.4 is 9.47 Å². The Morgan fingerprint density at radius 1 is 1.18 bits per heavy atom. The van der Waals surface area contributed by atoms with E-state index in [9.17, 15) is 14.4 Å². The highest BCUT2D eigenvalue weighted by Crippen LogP contribution is 2.37. The number of methoxy groups -OCH3 is 1. The zero-order valence-electron chi connectivity index (χ0n) is 19.4. The van der Waals surface area contributed by atoms with Crippen LogP contribution in [0.5, 0.6) is 11.5 Å². The predicted octanol–water partition coefficient (Wildman–Crippen LogP) is 5.42. The molecule has 7 nitrogen and oxygen atoms in total. The normalized spacial score (nSPS) is 14.8. The number of halogens is 1. The van der Waals surface area contributed by atoms with Crippen LogP contribution in [0.1, 0.15) is 30.5 Å². The Labute approximate surface area is 217 Å². The molecule has 0 aromatic heterocycles. The standard InChI is InChI=1S/C25H26INO6S/c1-15(2)13-32-22(28)12-27-24(29)21(34-25(27)30)11-18-9-19(26)23(20(10-18)31-4)33-14-17-7-5-16(3)6-8-17/h5-11,15H,12-14H2,1-4H3/b21-11-. The quantitative estimate of drug-likeness (QED) is 0.218. The van der Waals surface area contributed by atoms with Crippen molar-refractivity contribution in [2.45, 2.75) is 27.4 Å². The van der Waals surface area contributed by atoms with Gasteiger partial charge in [0.2, 0.25) is 0 Å². The van der Waals surface area contributed by atoms with Crippen LogP contribution in [0.3, 0.4) is 0 Å². The highest BCUT2D eigenvalue weighted by Gasteiger charge is 2.36. The Morgan fingerprint density at radius 2 is 1.88 bits per heavy atom. The van der Waals surface area contributed by atoms with Gasteiger partial charge in [-0.25, -0.2) is 0 Å². The second-order valence-electron chi connectivity index (χ2n) is 8.15. The van der Waals surface area contributed by atoms with E-state index in [-0.39, 0.29) is 17.4 Å². The molecule has 180 valence electrons. The number of rotatable bonds is 9. The van der Waals surface area contributed by atoms with Crippen molar-refractivity contribution in [1.29, 1.82) is 0 Å². The third-order valence-electron chi connectivity index (χ3n) is 4.79. The molecule has 1 fully saturated rings. The lowest BCUT2D eigenvalue weighted by Gasteiger charge is -2.14. The lowest BCUT2D eigenvalue weighted by Crippen LogP contribution is -2.34. The summed E-state index contributed by atoms with van der Waals surface area (Å²) in [5.41, 5.74) is 2.89. The van der Waals surface area contributed by atoms with Gasteiger partial charge in [0.1, 0.15) is 13.2 Å². The Hall–Kier alpha value is -2.53.